The molecule has 5 atom stereocenters. The molecule has 4 heterocycles. The molecule has 3 N–H and O–H groups in total. The van der Waals surface area contributed by atoms with Gasteiger partial charge in [0.25, 0.3) is 0 Å². The van der Waals surface area contributed by atoms with Crippen LogP contribution in [0.25, 0.3) is 10.6 Å². The third kappa shape index (κ3) is 3.42. The molecule has 1 saturated heterocycles. The summed E-state index contributed by atoms with van der Waals surface area (Å²) in [4.78, 5) is 6.74. The summed E-state index contributed by atoms with van der Waals surface area (Å²) in [7, 11) is 0. The summed E-state index contributed by atoms with van der Waals surface area (Å²) in [6.45, 7) is 4.02. The van der Waals surface area contributed by atoms with Gasteiger partial charge < -0.3 is 24.8 Å². The molecular formula is C24H25NO5S. The van der Waals surface area contributed by atoms with Crippen LogP contribution in [0.5, 0.6) is 0 Å². The van der Waals surface area contributed by atoms with Crippen LogP contribution < -0.4 is 0 Å². The zero-order valence-corrected chi connectivity index (χ0v) is 18.2. The molecule has 0 radical (unpaired) electrons. The summed E-state index contributed by atoms with van der Waals surface area (Å²) >= 11 is 1.70. The van der Waals surface area contributed by atoms with Crippen LogP contribution in [0.1, 0.15) is 34.1 Å². The van der Waals surface area contributed by atoms with E-state index < -0.39 is 30.2 Å². The molecule has 1 aromatic carbocycles. The van der Waals surface area contributed by atoms with Crippen LogP contribution in [0.15, 0.2) is 48.7 Å². The largest absolute Gasteiger partial charge is 0.388 e. The zero-order valence-electron chi connectivity index (χ0n) is 17.4. The van der Waals surface area contributed by atoms with Crippen molar-refractivity contribution in [1.29, 1.82) is 0 Å². The van der Waals surface area contributed by atoms with Gasteiger partial charge in [-0.3, -0.25) is 4.98 Å². The number of aliphatic hydroxyl groups is 3. The highest BCUT2D eigenvalue weighted by Crippen LogP contribution is 2.46. The number of aryl methyl sites for hydroxylation is 1. The van der Waals surface area contributed by atoms with Gasteiger partial charge >= 0.3 is 0 Å². The van der Waals surface area contributed by atoms with Gasteiger partial charge in [-0.1, -0.05) is 12.1 Å². The number of ether oxygens (including phenoxy) is 2. The molecule has 0 unspecified atom stereocenters. The van der Waals surface area contributed by atoms with Crippen LogP contribution in [0.2, 0.25) is 0 Å². The van der Waals surface area contributed by atoms with Crippen LogP contribution in [0, 0.1) is 6.92 Å². The molecule has 2 aliphatic heterocycles. The molecule has 0 saturated carbocycles. The van der Waals surface area contributed by atoms with Crippen molar-refractivity contribution in [3.8, 4) is 10.6 Å². The summed E-state index contributed by atoms with van der Waals surface area (Å²) in [5, 5.41) is 31.3. The SMILES string of the molecule is Cc1cc2c(cc1Cc1ccc(-c3ccccn3)s1)[C@]1(OC2)O[C@H](C)[C@@H](O)[C@H](O)[C@H]1O. The fourth-order valence-corrected chi connectivity index (χ4v) is 5.47. The minimum atomic E-state index is -1.47. The van der Waals surface area contributed by atoms with Gasteiger partial charge in [0.15, 0.2) is 0 Å². The van der Waals surface area contributed by atoms with E-state index >= 15 is 0 Å². The molecule has 0 aliphatic carbocycles. The monoisotopic (exact) mass is 439 g/mol. The third-order valence-electron chi connectivity index (χ3n) is 6.23. The first-order chi connectivity index (χ1) is 14.9. The highest BCUT2D eigenvalue weighted by atomic mass is 32.1. The quantitative estimate of drug-likeness (QED) is 0.581. The summed E-state index contributed by atoms with van der Waals surface area (Å²) in [5.74, 6) is -1.47. The van der Waals surface area contributed by atoms with E-state index in [1.807, 2.05) is 24.3 Å². The van der Waals surface area contributed by atoms with Crippen LogP contribution in [0.4, 0.5) is 0 Å². The Morgan fingerprint density at radius 2 is 1.97 bits per heavy atom. The van der Waals surface area contributed by atoms with Crippen molar-refractivity contribution >= 4 is 11.3 Å². The lowest BCUT2D eigenvalue weighted by atomic mass is 9.86. The Hall–Kier alpha value is -2.13. The number of aliphatic hydroxyl groups excluding tert-OH is 3. The molecule has 1 fully saturated rings. The molecule has 0 bridgehead atoms. The summed E-state index contributed by atoms with van der Waals surface area (Å²) in [6.07, 6.45) is -2.06. The predicted octanol–water partition coefficient (Wildman–Crippen LogP) is 2.89. The van der Waals surface area contributed by atoms with Crippen molar-refractivity contribution in [3.05, 3.63) is 75.8 Å². The maximum atomic E-state index is 10.8. The Bertz CT molecular complexity index is 1100. The van der Waals surface area contributed by atoms with E-state index in [-0.39, 0.29) is 6.61 Å². The number of benzene rings is 1. The number of thiophene rings is 1. The first-order valence-electron chi connectivity index (χ1n) is 10.4. The molecule has 5 rings (SSSR count). The van der Waals surface area contributed by atoms with Crippen LogP contribution in [-0.4, -0.2) is 44.7 Å². The van der Waals surface area contributed by atoms with Crippen LogP contribution in [0.3, 0.4) is 0 Å². The average molecular weight is 440 g/mol. The van der Waals surface area contributed by atoms with Crippen molar-refractivity contribution in [2.45, 2.75) is 57.1 Å². The van der Waals surface area contributed by atoms with Crippen molar-refractivity contribution in [2.24, 2.45) is 0 Å². The van der Waals surface area contributed by atoms with Gasteiger partial charge in [-0.2, -0.15) is 0 Å². The fraction of sp³-hybridized carbons (Fsp3) is 0.375. The zero-order chi connectivity index (χ0) is 21.8. The van der Waals surface area contributed by atoms with E-state index in [0.29, 0.717) is 0 Å². The Balaban J connectivity index is 1.48. The van der Waals surface area contributed by atoms with Gasteiger partial charge in [-0.05, 0) is 60.9 Å². The smallest absolute Gasteiger partial charge is 0.225 e. The number of hydrogen-bond acceptors (Lipinski definition) is 7. The fourth-order valence-electron chi connectivity index (χ4n) is 4.46. The van der Waals surface area contributed by atoms with Crippen molar-refractivity contribution in [1.82, 2.24) is 4.98 Å². The standard InChI is InChI=1S/C24H25NO5S/c1-13-9-16-12-29-24(23(28)22(27)21(26)14(2)30-24)18(16)11-15(13)10-17-6-7-20(31-17)19-5-3-4-8-25-19/h3-9,11,14,21-23,26-28H,10,12H2,1-2H3/t14-,21-,22+,23-,24+/m1/s1. The topological polar surface area (TPSA) is 92.0 Å². The molecule has 2 aromatic heterocycles. The highest BCUT2D eigenvalue weighted by molar-refractivity contribution is 7.15. The van der Waals surface area contributed by atoms with Gasteiger partial charge in [0.05, 0.1) is 23.3 Å². The van der Waals surface area contributed by atoms with Gasteiger partial charge in [-0.25, -0.2) is 0 Å². The van der Waals surface area contributed by atoms with E-state index in [1.54, 1.807) is 24.5 Å². The van der Waals surface area contributed by atoms with Crippen LogP contribution in [-0.2, 0) is 28.3 Å². The van der Waals surface area contributed by atoms with Gasteiger partial charge in [0.2, 0.25) is 5.79 Å². The number of pyridine rings is 1. The van der Waals surface area contributed by atoms with Crippen molar-refractivity contribution < 1.29 is 24.8 Å². The number of aromatic nitrogens is 1. The summed E-state index contributed by atoms with van der Waals surface area (Å²) in [5.41, 5.74) is 4.83. The summed E-state index contributed by atoms with van der Waals surface area (Å²) in [6, 6.07) is 14.2. The lowest BCUT2D eigenvalue weighted by molar-refractivity contribution is -0.362. The predicted molar refractivity (Wildman–Crippen MR) is 117 cm³/mol. The number of rotatable bonds is 3. The van der Waals surface area contributed by atoms with Gasteiger partial charge in [-0.15, -0.1) is 11.3 Å². The van der Waals surface area contributed by atoms with E-state index in [2.05, 4.69) is 30.1 Å². The lowest BCUT2D eigenvalue weighted by Gasteiger charge is -2.45. The maximum Gasteiger partial charge on any atom is 0.225 e. The molecule has 0 amide bonds. The Kier molecular flexibility index (Phi) is 5.21. The molecule has 7 heteroatoms. The molecule has 31 heavy (non-hydrogen) atoms. The summed E-state index contributed by atoms with van der Waals surface area (Å²) < 4.78 is 11.9. The maximum absolute atomic E-state index is 10.8. The minimum Gasteiger partial charge on any atom is -0.388 e. The second-order valence-electron chi connectivity index (χ2n) is 8.30. The molecular weight excluding hydrogens is 414 g/mol. The van der Waals surface area contributed by atoms with E-state index in [4.69, 9.17) is 9.47 Å². The van der Waals surface area contributed by atoms with E-state index in [9.17, 15) is 15.3 Å². The second-order valence-corrected chi connectivity index (χ2v) is 9.47. The second kappa shape index (κ2) is 7.78. The Labute approximate surface area is 184 Å². The first kappa shape index (κ1) is 20.8. The van der Waals surface area contributed by atoms with Crippen LogP contribution >= 0.6 is 11.3 Å². The number of fused-ring (bicyclic) bond motifs is 2. The molecule has 6 nitrogen and oxygen atoms in total. The average Bonchev–Trinajstić information content (AvgIpc) is 3.38. The normalized spacial score (nSPS) is 30.0. The highest BCUT2D eigenvalue weighted by Gasteiger charge is 2.57. The molecule has 162 valence electrons. The first-order valence-corrected chi connectivity index (χ1v) is 11.2. The van der Waals surface area contributed by atoms with Crippen molar-refractivity contribution in [3.63, 3.8) is 0 Å². The minimum absolute atomic E-state index is 0.284. The molecule has 2 aliphatic rings. The Morgan fingerprint density at radius 1 is 1.13 bits per heavy atom. The Morgan fingerprint density at radius 3 is 2.74 bits per heavy atom. The molecule has 1 spiro atoms. The number of hydrogen-bond donors (Lipinski definition) is 3. The van der Waals surface area contributed by atoms with Crippen molar-refractivity contribution in [2.75, 3.05) is 0 Å². The van der Waals surface area contributed by atoms with Gasteiger partial charge in [0, 0.05) is 23.1 Å². The third-order valence-corrected chi connectivity index (χ3v) is 7.34. The van der Waals surface area contributed by atoms with E-state index in [0.717, 1.165) is 39.2 Å². The van der Waals surface area contributed by atoms with E-state index in [1.165, 1.54) is 4.88 Å². The lowest BCUT2D eigenvalue weighted by Crippen LogP contribution is -2.62. The molecule has 3 aromatic rings. The number of nitrogens with zero attached hydrogens (tertiary/aromatic N) is 1. The van der Waals surface area contributed by atoms with Gasteiger partial charge in [0.1, 0.15) is 18.3 Å².